The molecule has 1 nitrogen and oxygen atoms in total. The van der Waals surface area contributed by atoms with E-state index in [2.05, 4.69) is 35.6 Å². The van der Waals surface area contributed by atoms with Crippen molar-refractivity contribution in [2.45, 2.75) is 31.7 Å². The molecule has 0 bridgehead atoms. The molecule has 104 valence electrons. The Kier molecular flexibility index (Phi) is 4.12. The third-order valence-electron chi connectivity index (χ3n) is 4.09. The first kappa shape index (κ1) is 13.3. The maximum Gasteiger partial charge on any atom is 0.126 e. The predicted octanol–water partition coefficient (Wildman–Crippen LogP) is 4.04. The number of hydrogen-bond acceptors (Lipinski definition) is 1. The zero-order chi connectivity index (χ0) is 13.8. The zero-order valence-electron chi connectivity index (χ0n) is 11.6. The average Bonchev–Trinajstić information content (AvgIpc) is 2.90. The number of rotatable bonds is 5. The molecule has 2 aromatic carbocycles. The van der Waals surface area contributed by atoms with E-state index in [1.54, 1.807) is 6.07 Å². The molecule has 0 fully saturated rings. The molecule has 0 aliphatic heterocycles. The van der Waals surface area contributed by atoms with Crippen LogP contribution in [0.5, 0.6) is 0 Å². The molecule has 1 unspecified atom stereocenters. The van der Waals surface area contributed by atoms with Crippen molar-refractivity contribution in [1.82, 2.24) is 5.32 Å². The summed E-state index contributed by atoms with van der Waals surface area (Å²) < 4.78 is 13.6. The summed E-state index contributed by atoms with van der Waals surface area (Å²) in [6.07, 6.45) is 4.09. The summed E-state index contributed by atoms with van der Waals surface area (Å²) in [5.41, 5.74) is 3.45. The normalized spacial score (nSPS) is 17.1. The highest BCUT2D eigenvalue weighted by Gasteiger charge is 2.23. The molecular formula is C18H20FN. The largest absolute Gasteiger partial charge is 0.310 e. The van der Waals surface area contributed by atoms with Gasteiger partial charge in [0, 0.05) is 6.04 Å². The molecule has 0 aromatic heterocycles. The second-order valence-corrected chi connectivity index (χ2v) is 5.44. The van der Waals surface area contributed by atoms with E-state index >= 15 is 0 Å². The highest BCUT2D eigenvalue weighted by Crippen LogP contribution is 2.32. The van der Waals surface area contributed by atoms with Crippen molar-refractivity contribution in [2.24, 2.45) is 0 Å². The molecule has 0 spiro atoms. The minimum atomic E-state index is -0.0453. The molecule has 0 amide bonds. The van der Waals surface area contributed by atoms with E-state index in [1.165, 1.54) is 5.56 Å². The Morgan fingerprint density at radius 2 is 1.90 bits per heavy atom. The monoisotopic (exact) mass is 269 g/mol. The highest BCUT2D eigenvalue weighted by atomic mass is 19.1. The standard InChI is InChI=1S/C18H20FN/c19-17-10-4-9-16-15(17)11-12-18(16)20-13-5-8-14-6-2-1-3-7-14/h1-4,6-7,9-10,18,20H,5,8,11-13H2. The number of hydrogen-bond donors (Lipinski definition) is 1. The lowest BCUT2D eigenvalue weighted by atomic mass is 10.1. The fourth-order valence-electron chi connectivity index (χ4n) is 3.04. The van der Waals surface area contributed by atoms with Crippen molar-refractivity contribution in [3.63, 3.8) is 0 Å². The van der Waals surface area contributed by atoms with Gasteiger partial charge in [-0.1, -0.05) is 42.5 Å². The first-order valence-corrected chi connectivity index (χ1v) is 7.39. The van der Waals surface area contributed by atoms with Crippen LogP contribution in [0.1, 0.15) is 35.6 Å². The van der Waals surface area contributed by atoms with Crippen LogP contribution in [0.4, 0.5) is 4.39 Å². The molecule has 1 aliphatic carbocycles. The summed E-state index contributed by atoms with van der Waals surface area (Å²) >= 11 is 0. The Bertz CT molecular complexity index is 565. The van der Waals surface area contributed by atoms with Crippen LogP contribution in [0.2, 0.25) is 0 Å². The van der Waals surface area contributed by atoms with Crippen molar-refractivity contribution >= 4 is 0 Å². The van der Waals surface area contributed by atoms with Crippen LogP contribution in [0.25, 0.3) is 0 Å². The first-order valence-electron chi connectivity index (χ1n) is 7.39. The Morgan fingerprint density at radius 1 is 1.05 bits per heavy atom. The predicted molar refractivity (Wildman–Crippen MR) is 80.2 cm³/mol. The van der Waals surface area contributed by atoms with Gasteiger partial charge in [-0.2, -0.15) is 0 Å². The Hall–Kier alpha value is -1.67. The van der Waals surface area contributed by atoms with Crippen LogP contribution < -0.4 is 5.32 Å². The topological polar surface area (TPSA) is 12.0 Å². The van der Waals surface area contributed by atoms with E-state index in [0.29, 0.717) is 6.04 Å². The van der Waals surface area contributed by atoms with Gasteiger partial charge in [0.05, 0.1) is 0 Å². The van der Waals surface area contributed by atoms with Gasteiger partial charge in [0.25, 0.3) is 0 Å². The summed E-state index contributed by atoms with van der Waals surface area (Å²) in [7, 11) is 0. The van der Waals surface area contributed by atoms with E-state index in [-0.39, 0.29) is 5.82 Å². The molecule has 1 atom stereocenters. The molecular weight excluding hydrogens is 249 g/mol. The average molecular weight is 269 g/mol. The first-order chi connectivity index (χ1) is 9.84. The van der Waals surface area contributed by atoms with Crippen LogP contribution in [0, 0.1) is 5.82 Å². The molecule has 0 radical (unpaired) electrons. The van der Waals surface area contributed by atoms with Crippen molar-refractivity contribution in [3.05, 3.63) is 71.0 Å². The third-order valence-corrected chi connectivity index (χ3v) is 4.09. The molecule has 0 saturated carbocycles. The maximum absolute atomic E-state index is 13.6. The fourth-order valence-corrected chi connectivity index (χ4v) is 3.04. The number of nitrogens with one attached hydrogen (secondary N) is 1. The van der Waals surface area contributed by atoms with Crippen LogP contribution in [0.3, 0.4) is 0 Å². The van der Waals surface area contributed by atoms with Gasteiger partial charge < -0.3 is 5.32 Å². The molecule has 0 heterocycles. The summed E-state index contributed by atoms with van der Waals surface area (Å²) in [6.45, 7) is 0.982. The van der Waals surface area contributed by atoms with Crippen LogP contribution in [0.15, 0.2) is 48.5 Å². The molecule has 20 heavy (non-hydrogen) atoms. The Morgan fingerprint density at radius 3 is 2.75 bits per heavy atom. The van der Waals surface area contributed by atoms with Gasteiger partial charge in [-0.3, -0.25) is 0 Å². The summed E-state index contributed by atoms with van der Waals surface area (Å²) in [6, 6.07) is 16.3. The van der Waals surface area contributed by atoms with Gasteiger partial charge in [-0.05, 0) is 55.0 Å². The second-order valence-electron chi connectivity index (χ2n) is 5.44. The molecule has 1 N–H and O–H groups in total. The molecule has 0 saturated heterocycles. The molecule has 1 aliphatic rings. The lowest BCUT2D eigenvalue weighted by Gasteiger charge is -2.14. The summed E-state index contributed by atoms with van der Waals surface area (Å²) in [5.74, 6) is -0.0453. The molecule has 2 aromatic rings. The van der Waals surface area contributed by atoms with Crippen molar-refractivity contribution < 1.29 is 4.39 Å². The second kappa shape index (κ2) is 6.19. The zero-order valence-corrected chi connectivity index (χ0v) is 11.6. The minimum absolute atomic E-state index is 0.0453. The quantitative estimate of drug-likeness (QED) is 0.808. The SMILES string of the molecule is Fc1cccc2c1CCC2NCCCc1ccccc1. The van der Waals surface area contributed by atoms with E-state index in [1.807, 2.05) is 12.1 Å². The minimum Gasteiger partial charge on any atom is -0.310 e. The van der Waals surface area contributed by atoms with Crippen molar-refractivity contribution in [2.75, 3.05) is 6.54 Å². The Labute approximate surface area is 119 Å². The van der Waals surface area contributed by atoms with Crippen molar-refractivity contribution in [1.29, 1.82) is 0 Å². The van der Waals surface area contributed by atoms with E-state index < -0.39 is 0 Å². The van der Waals surface area contributed by atoms with E-state index in [9.17, 15) is 4.39 Å². The summed E-state index contributed by atoms with van der Waals surface area (Å²) in [5, 5.41) is 3.57. The van der Waals surface area contributed by atoms with Crippen LogP contribution in [-0.2, 0) is 12.8 Å². The van der Waals surface area contributed by atoms with Gasteiger partial charge in [0.1, 0.15) is 5.82 Å². The van der Waals surface area contributed by atoms with Gasteiger partial charge in [-0.15, -0.1) is 0 Å². The van der Waals surface area contributed by atoms with Gasteiger partial charge in [-0.25, -0.2) is 4.39 Å². The van der Waals surface area contributed by atoms with E-state index in [0.717, 1.165) is 43.4 Å². The molecule has 2 heteroatoms. The van der Waals surface area contributed by atoms with Gasteiger partial charge >= 0.3 is 0 Å². The number of aryl methyl sites for hydroxylation is 1. The number of fused-ring (bicyclic) bond motifs is 1. The number of benzene rings is 2. The lowest BCUT2D eigenvalue weighted by molar-refractivity contribution is 0.520. The van der Waals surface area contributed by atoms with Crippen LogP contribution in [-0.4, -0.2) is 6.54 Å². The van der Waals surface area contributed by atoms with E-state index in [4.69, 9.17) is 0 Å². The lowest BCUT2D eigenvalue weighted by Crippen LogP contribution is -2.20. The van der Waals surface area contributed by atoms with Gasteiger partial charge in [0.2, 0.25) is 0 Å². The smallest absolute Gasteiger partial charge is 0.126 e. The third kappa shape index (κ3) is 2.91. The van der Waals surface area contributed by atoms with Crippen molar-refractivity contribution in [3.8, 4) is 0 Å². The Balaban J connectivity index is 1.50. The fraction of sp³-hybridized carbons (Fsp3) is 0.333. The summed E-state index contributed by atoms with van der Waals surface area (Å²) in [4.78, 5) is 0. The highest BCUT2D eigenvalue weighted by molar-refractivity contribution is 5.35. The van der Waals surface area contributed by atoms with Gasteiger partial charge in [0.15, 0.2) is 0 Å². The maximum atomic E-state index is 13.6. The molecule has 3 rings (SSSR count). The number of halogens is 1. The van der Waals surface area contributed by atoms with Crippen LogP contribution >= 0.6 is 0 Å².